The predicted octanol–water partition coefficient (Wildman–Crippen LogP) is 0.800. The fourth-order valence-electron chi connectivity index (χ4n) is 1.94. The maximum atomic E-state index is 11.4. The van der Waals surface area contributed by atoms with E-state index in [1.807, 2.05) is 0 Å². The maximum absolute atomic E-state index is 11.4. The third kappa shape index (κ3) is 1.32. The smallest absolute Gasteiger partial charge is 0.245 e. The van der Waals surface area contributed by atoms with E-state index in [1.54, 1.807) is 12.1 Å². The van der Waals surface area contributed by atoms with Crippen LogP contribution in [0.25, 0.3) is 0 Å². The Kier molecular flexibility index (Phi) is 2.00. The number of benzene rings is 1. The Bertz CT molecular complexity index is 459. The van der Waals surface area contributed by atoms with Crippen LogP contribution in [-0.4, -0.2) is 19.1 Å². The van der Waals surface area contributed by atoms with Gasteiger partial charge in [0, 0.05) is 18.1 Å². The Morgan fingerprint density at radius 2 is 1.94 bits per heavy atom. The molecule has 3 rings (SSSR count). The van der Waals surface area contributed by atoms with Crippen LogP contribution in [-0.2, 0) is 4.79 Å². The molecule has 16 heavy (non-hydrogen) atoms. The second kappa shape index (κ2) is 3.38. The summed E-state index contributed by atoms with van der Waals surface area (Å²) in [4.78, 5) is 11.4. The van der Waals surface area contributed by atoms with Gasteiger partial charge in [-0.2, -0.15) is 0 Å². The molecule has 2 aliphatic rings. The van der Waals surface area contributed by atoms with Gasteiger partial charge in [0.05, 0.1) is 18.9 Å². The summed E-state index contributed by atoms with van der Waals surface area (Å²) >= 11 is 0. The minimum absolute atomic E-state index is 0.185. The molecule has 0 spiro atoms. The highest BCUT2D eigenvalue weighted by atomic mass is 16.5. The molecule has 5 nitrogen and oxygen atoms in total. The van der Waals surface area contributed by atoms with Crippen molar-refractivity contribution in [2.24, 2.45) is 5.73 Å². The van der Waals surface area contributed by atoms with E-state index < -0.39 is 6.04 Å². The molecule has 1 unspecified atom stereocenters. The van der Waals surface area contributed by atoms with Gasteiger partial charge >= 0.3 is 0 Å². The zero-order valence-corrected chi connectivity index (χ0v) is 8.66. The van der Waals surface area contributed by atoms with Gasteiger partial charge < -0.3 is 20.5 Å². The lowest BCUT2D eigenvalue weighted by molar-refractivity contribution is -0.116. The van der Waals surface area contributed by atoms with Gasteiger partial charge in [-0.15, -0.1) is 0 Å². The number of amides is 1. The quantitative estimate of drug-likeness (QED) is 0.678. The fourth-order valence-corrected chi connectivity index (χ4v) is 1.94. The average Bonchev–Trinajstić information content (AvgIpc) is 2.48. The SMILES string of the molecule is NC1C(=O)Nc2cc3c(cc21)OCCCO3. The number of anilines is 1. The number of fused-ring (bicyclic) bond motifs is 2. The van der Waals surface area contributed by atoms with Crippen LogP contribution in [0, 0.1) is 0 Å². The van der Waals surface area contributed by atoms with Crippen LogP contribution < -0.4 is 20.5 Å². The largest absolute Gasteiger partial charge is 0.490 e. The van der Waals surface area contributed by atoms with Gasteiger partial charge in [0.25, 0.3) is 0 Å². The minimum Gasteiger partial charge on any atom is -0.490 e. The van der Waals surface area contributed by atoms with Crippen molar-refractivity contribution in [1.29, 1.82) is 0 Å². The van der Waals surface area contributed by atoms with Crippen molar-refractivity contribution in [1.82, 2.24) is 0 Å². The van der Waals surface area contributed by atoms with Crippen molar-refractivity contribution in [3.63, 3.8) is 0 Å². The summed E-state index contributed by atoms with van der Waals surface area (Å²) in [7, 11) is 0. The van der Waals surface area contributed by atoms with Gasteiger partial charge in [-0.1, -0.05) is 0 Å². The standard InChI is InChI=1S/C11H12N2O3/c12-10-6-4-8-9(16-3-1-2-15-8)5-7(6)13-11(10)14/h4-5,10H,1-3,12H2,(H,13,14). The third-order valence-corrected chi connectivity index (χ3v) is 2.80. The number of carbonyl (C=O) groups is 1. The lowest BCUT2D eigenvalue weighted by atomic mass is 10.1. The molecule has 0 radical (unpaired) electrons. The summed E-state index contributed by atoms with van der Waals surface area (Å²) in [6.07, 6.45) is 0.859. The van der Waals surface area contributed by atoms with Gasteiger partial charge in [-0.25, -0.2) is 0 Å². The summed E-state index contributed by atoms with van der Waals surface area (Å²) in [6.45, 7) is 1.26. The first-order valence-corrected chi connectivity index (χ1v) is 5.26. The highest BCUT2D eigenvalue weighted by molar-refractivity contribution is 6.02. The first-order chi connectivity index (χ1) is 7.75. The second-order valence-corrected chi connectivity index (χ2v) is 3.90. The fraction of sp³-hybridized carbons (Fsp3) is 0.364. The maximum Gasteiger partial charge on any atom is 0.245 e. The molecule has 1 aromatic rings. The van der Waals surface area contributed by atoms with Crippen molar-refractivity contribution in [3.8, 4) is 11.5 Å². The van der Waals surface area contributed by atoms with Crippen LogP contribution in [0.1, 0.15) is 18.0 Å². The van der Waals surface area contributed by atoms with Crippen molar-refractivity contribution < 1.29 is 14.3 Å². The van der Waals surface area contributed by atoms with E-state index in [4.69, 9.17) is 15.2 Å². The van der Waals surface area contributed by atoms with E-state index in [-0.39, 0.29) is 5.91 Å². The molecule has 0 saturated carbocycles. The summed E-state index contributed by atoms with van der Waals surface area (Å²) in [5.41, 5.74) is 7.25. The number of hydrogen-bond donors (Lipinski definition) is 2. The van der Waals surface area contributed by atoms with Gasteiger partial charge in [0.1, 0.15) is 6.04 Å². The summed E-state index contributed by atoms with van der Waals surface area (Å²) in [5, 5.41) is 2.72. The lowest BCUT2D eigenvalue weighted by Crippen LogP contribution is -2.19. The van der Waals surface area contributed by atoms with Crippen LogP contribution >= 0.6 is 0 Å². The Morgan fingerprint density at radius 3 is 2.69 bits per heavy atom. The Balaban J connectivity index is 2.08. The molecule has 5 heteroatoms. The van der Waals surface area contributed by atoms with Gasteiger partial charge in [0.2, 0.25) is 5.91 Å². The number of carbonyl (C=O) groups excluding carboxylic acids is 1. The topological polar surface area (TPSA) is 73.6 Å². The van der Waals surface area contributed by atoms with Crippen molar-refractivity contribution >= 4 is 11.6 Å². The molecule has 0 bridgehead atoms. The molecule has 0 saturated heterocycles. The van der Waals surface area contributed by atoms with E-state index in [0.717, 1.165) is 17.7 Å². The van der Waals surface area contributed by atoms with Gasteiger partial charge in [0.15, 0.2) is 11.5 Å². The molecule has 1 amide bonds. The molecule has 3 N–H and O–H groups in total. The molecule has 2 aliphatic heterocycles. The molecule has 1 atom stereocenters. The van der Waals surface area contributed by atoms with Crippen LogP contribution in [0.3, 0.4) is 0 Å². The third-order valence-electron chi connectivity index (χ3n) is 2.80. The Hall–Kier alpha value is -1.75. The molecular weight excluding hydrogens is 208 g/mol. The van der Waals surface area contributed by atoms with Gasteiger partial charge in [-0.3, -0.25) is 4.79 Å². The zero-order valence-electron chi connectivity index (χ0n) is 8.66. The lowest BCUT2D eigenvalue weighted by Gasteiger charge is -2.10. The van der Waals surface area contributed by atoms with Crippen LogP contribution in [0.15, 0.2) is 12.1 Å². The predicted molar refractivity (Wildman–Crippen MR) is 57.6 cm³/mol. The summed E-state index contributed by atoms with van der Waals surface area (Å²) in [6, 6.07) is 2.96. The normalized spacial score (nSPS) is 22.3. The summed E-state index contributed by atoms with van der Waals surface area (Å²) in [5.74, 6) is 1.16. The molecule has 0 fully saturated rings. The van der Waals surface area contributed by atoms with E-state index in [0.29, 0.717) is 24.7 Å². The first-order valence-electron chi connectivity index (χ1n) is 5.26. The first kappa shape index (κ1) is 9.47. The van der Waals surface area contributed by atoms with Crippen molar-refractivity contribution in [2.45, 2.75) is 12.5 Å². The molecule has 0 aromatic heterocycles. The number of rotatable bonds is 0. The highest BCUT2D eigenvalue weighted by Gasteiger charge is 2.29. The molecule has 84 valence electrons. The minimum atomic E-state index is -0.604. The van der Waals surface area contributed by atoms with E-state index >= 15 is 0 Å². The zero-order chi connectivity index (χ0) is 11.1. The van der Waals surface area contributed by atoms with E-state index in [1.165, 1.54) is 0 Å². The number of nitrogens with one attached hydrogen (secondary N) is 1. The second-order valence-electron chi connectivity index (χ2n) is 3.90. The average molecular weight is 220 g/mol. The Morgan fingerprint density at radius 1 is 1.25 bits per heavy atom. The number of nitrogens with two attached hydrogens (primary N) is 1. The van der Waals surface area contributed by atoms with Crippen molar-refractivity contribution in [3.05, 3.63) is 17.7 Å². The summed E-state index contributed by atoms with van der Waals surface area (Å²) < 4.78 is 11.1. The number of hydrogen-bond acceptors (Lipinski definition) is 4. The van der Waals surface area contributed by atoms with Crippen LogP contribution in [0.5, 0.6) is 11.5 Å². The van der Waals surface area contributed by atoms with E-state index in [2.05, 4.69) is 5.32 Å². The van der Waals surface area contributed by atoms with E-state index in [9.17, 15) is 4.79 Å². The molecule has 2 heterocycles. The Labute approximate surface area is 92.5 Å². The highest BCUT2D eigenvalue weighted by Crippen LogP contribution is 2.40. The van der Waals surface area contributed by atoms with Gasteiger partial charge in [-0.05, 0) is 6.07 Å². The molecule has 1 aromatic carbocycles. The number of ether oxygens (including phenoxy) is 2. The van der Waals surface area contributed by atoms with Crippen LogP contribution in [0.4, 0.5) is 5.69 Å². The molecule has 0 aliphatic carbocycles. The monoisotopic (exact) mass is 220 g/mol. The van der Waals surface area contributed by atoms with Crippen LogP contribution in [0.2, 0.25) is 0 Å². The molecular formula is C11H12N2O3. The van der Waals surface area contributed by atoms with Crippen molar-refractivity contribution in [2.75, 3.05) is 18.5 Å².